The van der Waals surface area contributed by atoms with Crippen LogP contribution >= 0.6 is 0 Å². The molecule has 2 aromatic rings. The molecule has 0 saturated heterocycles. The number of nitrogens with zero attached hydrogens (tertiary/aromatic N) is 1. The van der Waals surface area contributed by atoms with Gasteiger partial charge in [0.1, 0.15) is 6.26 Å². The lowest BCUT2D eigenvalue weighted by Gasteiger charge is -2.09. The quantitative estimate of drug-likeness (QED) is 0.593. The van der Waals surface area contributed by atoms with Crippen LogP contribution in [0.3, 0.4) is 0 Å². The highest BCUT2D eigenvalue weighted by molar-refractivity contribution is 5.86. The van der Waals surface area contributed by atoms with Crippen molar-refractivity contribution in [3.63, 3.8) is 0 Å². The van der Waals surface area contributed by atoms with Gasteiger partial charge in [0.15, 0.2) is 11.6 Å². The van der Waals surface area contributed by atoms with Crippen LogP contribution in [-0.2, 0) is 22.5 Å². The molecule has 0 aliphatic carbocycles. The van der Waals surface area contributed by atoms with E-state index in [0.29, 0.717) is 25.5 Å². The number of carbonyl (C=O) groups is 1. The Hall–Kier alpha value is -2.18. The predicted molar refractivity (Wildman–Crippen MR) is 78.3 cm³/mol. The molecule has 2 rings (SSSR count). The summed E-state index contributed by atoms with van der Waals surface area (Å²) in [5, 5.41) is 9.91. The molecule has 0 bridgehead atoms. The molecular formula is C16H19NO5. The second-order valence-corrected chi connectivity index (χ2v) is 4.80. The van der Waals surface area contributed by atoms with E-state index in [1.54, 1.807) is 0 Å². The first-order chi connectivity index (χ1) is 10.7. The maximum absolute atomic E-state index is 11.2. The number of aromatic nitrogens is 1. The molecule has 118 valence electrons. The summed E-state index contributed by atoms with van der Waals surface area (Å²) in [6, 6.07) is 9.82. The third kappa shape index (κ3) is 4.98. The fourth-order valence-corrected chi connectivity index (χ4v) is 1.89. The Morgan fingerprint density at radius 2 is 2.14 bits per heavy atom. The Kier molecular flexibility index (Phi) is 6.12. The average molecular weight is 305 g/mol. The number of oxazole rings is 1. The number of rotatable bonds is 8. The first-order valence-electron chi connectivity index (χ1n) is 7.01. The molecule has 6 heteroatoms. The van der Waals surface area contributed by atoms with Crippen LogP contribution < -0.4 is 0 Å². The Morgan fingerprint density at radius 3 is 2.86 bits per heavy atom. The van der Waals surface area contributed by atoms with Crippen LogP contribution in [0.2, 0.25) is 0 Å². The minimum atomic E-state index is -0.639. The average Bonchev–Trinajstić information content (AvgIpc) is 3.00. The monoisotopic (exact) mass is 305 g/mol. The van der Waals surface area contributed by atoms with Gasteiger partial charge in [-0.05, 0) is 12.0 Å². The topological polar surface area (TPSA) is 81.8 Å². The van der Waals surface area contributed by atoms with Gasteiger partial charge in [-0.2, -0.15) is 0 Å². The number of ether oxygens (including phenoxy) is 2. The molecule has 0 saturated carbocycles. The lowest BCUT2D eigenvalue weighted by Crippen LogP contribution is -2.14. The molecule has 1 unspecified atom stereocenters. The largest absolute Gasteiger partial charge is 0.464 e. The van der Waals surface area contributed by atoms with Gasteiger partial charge >= 0.3 is 5.97 Å². The highest BCUT2D eigenvalue weighted by atomic mass is 16.5. The molecule has 1 aromatic heterocycles. The zero-order valence-electron chi connectivity index (χ0n) is 12.4. The Bertz CT molecular complexity index is 581. The number of benzene rings is 1. The summed E-state index contributed by atoms with van der Waals surface area (Å²) >= 11 is 0. The van der Waals surface area contributed by atoms with Crippen molar-refractivity contribution in [2.75, 3.05) is 13.7 Å². The van der Waals surface area contributed by atoms with Gasteiger partial charge in [0.05, 0.1) is 26.2 Å². The Morgan fingerprint density at radius 1 is 1.36 bits per heavy atom. The lowest BCUT2D eigenvalue weighted by atomic mass is 10.2. The SMILES string of the molecule is COC(=O)c1coc(CC(O)CCOCc2ccccc2)n1. The molecule has 0 aliphatic heterocycles. The second kappa shape index (κ2) is 8.31. The van der Waals surface area contributed by atoms with E-state index in [1.807, 2.05) is 30.3 Å². The van der Waals surface area contributed by atoms with E-state index in [-0.39, 0.29) is 12.1 Å². The van der Waals surface area contributed by atoms with E-state index >= 15 is 0 Å². The van der Waals surface area contributed by atoms with Gasteiger partial charge in [-0.15, -0.1) is 0 Å². The van der Waals surface area contributed by atoms with Crippen LogP contribution in [0.5, 0.6) is 0 Å². The molecule has 0 aliphatic rings. The number of esters is 1. The summed E-state index contributed by atoms with van der Waals surface area (Å²) in [5.41, 5.74) is 1.19. The smallest absolute Gasteiger partial charge is 0.360 e. The highest BCUT2D eigenvalue weighted by Gasteiger charge is 2.15. The fourth-order valence-electron chi connectivity index (χ4n) is 1.89. The van der Waals surface area contributed by atoms with Crippen molar-refractivity contribution >= 4 is 5.97 Å². The van der Waals surface area contributed by atoms with Crippen LogP contribution in [0.15, 0.2) is 41.0 Å². The van der Waals surface area contributed by atoms with Crippen LogP contribution in [-0.4, -0.2) is 35.9 Å². The van der Waals surface area contributed by atoms with E-state index in [1.165, 1.54) is 13.4 Å². The molecule has 22 heavy (non-hydrogen) atoms. The molecule has 1 N–H and O–H groups in total. The zero-order valence-corrected chi connectivity index (χ0v) is 12.4. The number of aliphatic hydroxyl groups excluding tert-OH is 1. The van der Waals surface area contributed by atoms with Crippen molar-refractivity contribution in [1.82, 2.24) is 4.98 Å². The summed E-state index contributed by atoms with van der Waals surface area (Å²) in [5.74, 6) is -0.258. The van der Waals surface area contributed by atoms with Gasteiger partial charge in [0.2, 0.25) is 0 Å². The third-order valence-corrected chi connectivity index (χ3v) is 3.06. The second-order valence-electron chi connectivity index (χ2n) is 4.80. The first-order valence-corrected chi connectivity index (χ1v) is 7.01. The number of carbonyl (C=O) groups excluding carboxylic acids is 1. The minimum absolute atomic E-state index is 0.102. The molecule has 0 amide bonds. The van der Waals surface area contributed by atoms with Crippen molar-refractivity contribution in [3.8, 4) is 0 Å². The molecule has 1 heterocycles. The Labute approximate surface area is 128 Å². The number of hydrogen-bond acceptors (Lipinski definition) is 6. The molecule has 0 spiro atoms. The van der Waals surface area contributed by atoms with Crippen molar-refractivity contribution in [3.05, 3.63) is 53.7 Å². The summed E-state index contributed by atoms with van der Waals surface area (Å²) in [7, 11) is 1.27. The van der Waals surface area contributed by atoms with Gasteiger partial charge in [-0.25, -0.2) is 9.78 Å². The van der Waals surface area contributed by atoms with E-state index in [4.69, 9.17) is 9.15 Å². The number of hydrogen-bond donors (Lipinski definition) is 1. The number of methoxy groups -OCH3 is 1. The van der Waals surface area contributed by atoms with Crippen LogP contribution in [0.1, 0.15) is 28.4 Å². The first kappa shape index (κ1) is 16.2. The Balaban J connectivity index is 1.68. The molecule has 0 radical (unpaired) electrons. The zero-order chi connectivity index (χ0) is 15.8. The summed E-state index contributed by atoms with van der Waals surface area (Å²) in [6.45, 7) is 0.944. The molecule has 6 nitrogen and oxygen atoms in total. The standard InChI is InChI=1S/C16H19NO5/c1-20-16(19)14-11-22-15(17-14)9-13(18)7-8-21-10-12-5-3-2-4-6-12/h2-6,11,13,18H,7-10H2,1H3. The van der Waals surface area contributed by atoms with Crippen LogP contribution in [0, 0.1) is 0 Å². The molecular weight excluding hydrogens is 286 g/mol. The van der Waals surface area contributed by atoms with E-state index < -0.39 is 12.1 Å². The molecule has 0 fully saturated rings. The summed E-state index contributed by atoms with van der Waals surface area (Å²) < 4.78 is 15.2. The van der Waals surface area contributed by atoms with E-state index in [9.17, 15) is 9.90 Å². The highest BCUT2D eigenvalue weighted by Crippen LogP contribution is 2.08. The number of aliphatic hydroxyl groups is 1. The molecule has 1 atom stereocenters. The lowest BCUT2D eigenvalue weighted by molar-refractivity contribution is 0.0593. The minimum Gasteiger partial charge on any atom is -0.464 e. The van der Waals surface area contributed by atoms with E-state index in [0.717, 1.165) is 5.56 Å². The van der Waals surface area contributed by atoms with Crippen molar-refractivity contribution in [2.24, 2.45) is 0 Å². The van der Waals surface area contributed by atoms with Gasteiger partial charge in [0, 0.05) is 6.61 Å². The third-order valence-electron chi connectivity index (χ3n) is 3.06. The van der Waals surface area contributed by atoms with Crippen molar-refractivity contribution in [2.45, 2.75) is 25.6 Å². The van der Waals surface area contributed by atoms with Crippen LogP contribution in [0.25, 0.3) is 0 Å². The van der Waals surface area contributed by atoms with Crippen LogP contribution in [0.4, 0.5) is 0 Å². The summed E-state index contributed by atoms with van der Waals surface area (Å²) in [4.78, 5) is 15.2. The van der Waals surface area contributed by atoms with Gasteiger partial charge in [-0.1, -0.05) is 30.3 Å². The van der Waals surface area contributed by atoms with Crippen molar-refractivity contribution in [1.29, 1.82) is 0 Å². The maximum atomic E-state index is 11.2. The van der Waals surface area contributed by atoms with Crippen molar-refractivity contribution < 1.29 is 23.8 Å². The predicted octanol–water partition coefficient (Wildman–Crippen LogP) is 1.97. The fraction of sp³-hybridized carbons (Fsp3) is 0.375. The maximum Gasteiger partial charge on any atom is 0.360 e. The van der Waals surface area contributed by atoms with Gasteiger partial charge in [-0.3, -0.25) is 0 Å². The van der Waals surface area contributed by atoms with E-state index in [2.05, 4.69) is 9.72 Å². The molecule has 1 aromatic carbocycles. The summed E-state index contributed by atoms with van der Waals surface area (Å²) in [6.07, 6.45) is 1.27. The normalized spacial score (nSPS) is 12.1. The van der Waals surface area contributed by atoms with Gasteiger partial charge in [0.25, 0.3) is 0 Å². The van der Waals surface area contributed by atoms with Gasteiger partial charge < -0.3 is 19.0 Å².